The van der Waals surface area contributed by atoms with E-state index in [0.717, 1.165) is 11.1 Å². The van der Waals surface area contributed by atoms with Gasteiger partial charge in [-0.25, -0.2) is 4.31 Å². The van der Waals surface area contributed by atoms with E-state index in [1.54, 1.807) is 0 Å². The van der Waals surface area contributed by atoms with Gasteiger partial charge in [-0.1, -0.05) is 38.1 Å². The molecule has 0 aliphatic carbocycles. The first-order chi connectivity index (χ1) is 10.4. The summed E-state index contributed by atoms with van der Waals surface area (Å²) in [5, 5.41) is 0. The summed E-state index contributed by atoms with van der Waals surface area (Å²) < 4.78 is 16.1. The largest absolute Gasteiger partial charge is 0.470 e. The van der Waals surface area contributed by atoms with Gasteiger partial charge < -0.3 is 18.8 Å². The van der Waals surface area contributed by atoms with Crippen molar-refractivity contribution in [3.05, 3.63) is 59.7 Å². The maximum Gasteiger partial charge on any atom is 0.470 e. The van der Waals surface area contributed by atoms with Crippen LogP contribution in [0, 0.1) is 0 Å². The van der Waals surface area contributed by atoms with Crippen molar-refractivity contribution in [3.63, 3.8) is 0 Å². The Kier molecular flexibility index (Phi) is 4.35. The second-order valence-corrected chi connectivity index (χ2v) is 7.39. The molecule has 4 heterocycles. The number of hydrogen-bond acceptors (Lipinski definition) is 5. The third-order valence-electron chi connectivity index (χ3n) is 3.65. The first-order valence-electron chi connectivity index (χ1n) is 6.68. The summed E-state index contributed by atoms with van der Waals surface area (Å²) in [5.41, 5.74) is 2.18. The van der Waals surface area contributed by atoms with Crippen molar-refractivity contribution in [2.45, 2.75) is 19.3 Å². The average Bonchev–Trinajstić information content (AvgIpc) is 2.46. The van der Waals surface area contributed by atoms with Crippen LogP contribution in [0.5, 0.6) is 11.5 Å². The van der Waals surface area contributed by atoms with Crippen molar-refractivity contribution in [3.8, 4) is 11.5 Å². The Bertz CT molecular complexity index is 588. The van der Waals surface area contributed by atoms with E-state index in [2.05, 4.69) is 13.8 Å². The van der Waals surface area contributed by atoms with Gasteiger partial charge in [-0.15, -0.1) is 0 Å². The van der Waals surface area contributed by atoms with Crippen LogP contribution in [0.2, 0.25) is 0 Å². The maximum atomic E-state index is 9.06. The molecule has 5 nitrogen and oxygen atoms in total. The monoisotopic (exact) mass is 338 g/mol. The summed E-state index contributed by atoms with van der Waals surface area (Å²) in [4.78, 5) is 18.1. The Morgan fingerprint density at radius 2 is 1.27 bits per heavy atom. The molecular weight excluding hydrogens is 322 g/mol. The Morgan fingerprint density at radius 3 is 1.64 bits per heavy atom. The lowest BCUT2D eigenvalue weighted by Crippen LogP contribution is -2.18. The molecule has 0 aromatic heterocycles. The predicted molar refractivity (Wildman–Crippen MR) is 85.6 cm³/mol. The second-order valence-electron chi connectivity index (χ2n) is 5.41. The molecule has 0 saturated carbocycles. The first-order valence-corrected chi connectivity index (χ1v) is 8.94. The highest BCUT2D eigenvalue weighted by Gasteiger charge is 2.26. The van der Waals surface area contributed by atoms with E-state index >= 15 is 0 Å². The Balaban J connectivity index is 2.04. The summed E-state index contributed by atoms with van der Waals surface area (Å²) in [6.07, 6.45) is 0. The van der Waals surface area contributed by atoms with E-state index in [0.29, 0.717) is 11.5 Å². The van der Waals surface area contributed by atoms with Crippen LogP contribution in [0.3, 0.4) is 0 Å². The molecule has 7 heteroatoms. The van der Waals surface area contributed by atoms with E-state index < -0.39 is 17.2 Å². The molecule has 0 atom stereocenters. The van der Waals surface area contributed by atoms with Gasteiger partial charge in [-0.3, -0.25) is 0 Å². The Labute approximate surface area is 131 Å². The van der Waals surface area contributed by atoms with Crippen molar-refractivity contribution in [1.82, 2.24) is 0 Å². The summed E-state index contributed by atoms with van der Waals surface area (Å²) in [5.74, 6) is 1.11. The van der Waals surface area contributed by atoms with Gasteiger partial charge in [-0.2, -0.15) is 0 Å². The zero-order chi connectivity index (χ0) is 15.7. The molecule has 2 N–H and O–H groups in total. The fourth-order valence-electron chi connectivity index (χ4n) is 2.32. The highest BCUT2D eigenvalue weighted by Crippen LogP contribution is 2.51. The minimum absolute atomic E-state index is 0.137. The van der Waals surface area contributed by atoms with E-state index in [1.165, 1.54) is 0 Å². The molecular formula is C15H16O5P2. The quantitative estimate of drug-likeness (QED) is 0.802. The predicted octanol–water partition coefficient (Wildman–Crippen LogP) is 4.24. The standard InChI is InChI=1S/C15H16O5P2/c1-15(2)11-3-7-13(8-4-11)18-22(20-21(16)17)19-14-9-5-12(15)6-10-14/h3-10,16-17H,1-2H3. The van der Waals surface area contributed by atoms with Crippen molar-refractivity contribution in [2.24, 2.45) is 0 Å². The maximum absolute atomic E-state index is 9.06. The van der Waals surface area contributed by atoms with Crippen molar-refractivity contribution in [1.29, 1.82) is 0 Å². The normalized spacial score (nSPS) is 16.8. The molecule has 2 aromatic carbocycles. The zero-order valence-corrected chi connectivity index (χ0v) is 13.9. The fraction of sp³-hybridized carbons (Fsp3) is 0.200. The molecule has 0 unspecified atom stereocenters. The molecule has 0 radical (unpaired) electrons. The van der Waals surface area contributed by atoms with Gasteiger partial charge in [0.05, 0.1) is 0 Å². The van der Waals surface area contributed by atoms with Crippen molar-refractivity contribution in [2.75, 3.05) is 0 Å². The number of hydrogen-bond donors (Lipinski definition) is 2. The highest BCUT2D eigenvalue weighted by atomic mass is 31.2. The SMILES string of the molecule is CC1(C)c2ccc(cc2)OP(OP(O)O)Oc2ccc1cc2. The number of rotatable bonds is 2. The van der Waals surface area contributed by atoms with Crippen molar-refractivity contribution >= 4 is 17.2 Å². The topological polar surface area (TPSA) is 68.2 Å². The molecule has 4 aliphatic heterocycles. The Morgan fingerprint density at radius 1 is 0.864 bits per heavy atom. The molecule has 4 bridgehead atoms. The molecule has 0 amide bonds. The van der Waals surface area contributed by atoms with Crippen LogP contribution in [-0.2, 0) is 9.73 Å². The lowest BCUT2D eigenvalue weighted by Gasteiger charge is -2.27. The summed E-state index contributed by atoms with van der Waals surface area (Å²) >= 11 is 0. The molecule has 2 aromatic rings. The molecule has 4 aliphatic rings. The third kappa shape index (κ3) is 3.24. The first kappa shape index (κ1) is 15.7. The van der Waals surface area contributed by atoms with Crippen LogP contribution in [0.15, 0.2) is 48.5 Å². The average molecular weight is 338 g/mol. The van der Waals surface area contributed by atoms with Gasteiger partial charge in [0.25, 0.3) is 0 Å². The zero-order valence-electron chi connectivity index (χ0n) is 12.1. The number of benzene rings is 2. The fourth-order valence-corrected chi connectivity index (χ4v) is 3.68. The second kappa shape index (κ2) is 6.11. The molecule has 0 fully saturated rings. The highest BCUT2D eigenvalue weighted by molar-refractivity contribution is 7.55. The van der Waals surface area contributed by atoms with Crippen molar-refractivity contribution < 1.29 is 23.1 Å². The van der Waals surface area contributed by atoms with E-state index in [-0.39, 0.29) is 5.41 Å². The van der Waals surface area contributed by atoms with Crippen LogP contribution in [0.25, 0.3) is 0 Å². The summed E-state index contributed by atoms with van der Waals surface area (Å²) in [7, 11) is -4.50. The summed E-state index contributed by atoms with van der Waals surface area (Å²) in [6.45, 7) is 4.32. The molecule has 0 saturated heterocycles. The molecule has 116 valence electrons. The van der Waals surface area contributed by atoms with E-state index in [1.807, 2.05) is 48.5 Å². The van der Waals surface area contributed by atoms with Gasteiger partial charge in [0, 0.05) is 5.41 Å². The minimum atomic E-state index is -2.56. The van der Waals surface area contributed by atoms with Gasteiger partial charge in [0.15, 0.2) is 0 Å². The van der Waals surface area contributed by atoms with Crippen LogP contribution in [0.4, 0.5) is 0 Å². The van der Waals surface area contributed by atoms with Gasteiger partial charge >= 0.3 is 17.2 Å². The van der Waals surface area contributed by atoms with E-state index in [9.17, 15) is 0 Å². The van der Waals surface area contributed by atoms with Gasteiger partial charge in [0.1, 0.15) is 11.5 Å². The third-order valence-corrected chi connectivity index (χ3v) is 5.49. The van der Waals surface area contributed by atoms with Crippen LogP contribution < -0.4 is 9.05 Å². The lowest BCUT2D eigenvalue weighted by molar-refractivity contribution is 0.332. The lowest BCUT2D eigenvalue weighted by atomic mass is 9.78. The summed E-state index contributed by atoms with van der Waals surface area (Å²) in [6, 6.07) is 15.2. The smallest absolute Gasteiger partial charge is 0.418 e. The van der Waals surface area contributed by atoms with Crippen LogP contribution >= 0.6 is 17.2 Å². The Hall–Kier alpha value is -1.22. The molecule has 6 rings (SSSR count). The van der Waals surface area contributed by atoms with E-state index in [4.69, 9.17) is 23.1 Å². The minimum Gasteiger partial charge on any atom is -0.418 e. The van der Waals surface area contributed by atoms with Crippen LogP contribution in [-0.4, -0.2) is 9.79 Å². The van der Waals surface area contributed by atoms with Gasteiger partial charge in [0.2, 0.25) is 0 Å². The molecule has 0 spiro atoms. The van der Waals surface area contributed by atoms with Gasteiger partial charge in [-0.05, 0) is 35.4 Å². The molecule has 22 heavy (non-hydrogen) atoms. The van der Waals surface area contributed by atoms with Crippen LogP contribution in [0.1, 0.15) is 25.0 Å².